The van der Waals surface area contributed by atoms with E-state index in [1.54, 1.807) is 14.0 Å². The number of hydrogen-bond acceptors (Lipinski definition) is 4. The molecule has 0 radical (unpaired) electrons. The molecule has 0 aromatic rings. The highest BCUT2D eigenvalue weighted by atomic mass is 16.5. The van der Waals surface area contributed by atoms with Crippen LogP contribution in [0, 0.1) is 0 Å². The number of carbonyl (C=O) groups excluding carboxylic acids is 2. The maximum atomic E-state index is 11.4. The van der Waals surface area contributed by atoms with Crippen LogP contribution in [0.4, 0.5) is 4.79 Å². The number of hydrogen-bond donors (Lipinski definition) is 2. The number of amides is 2. The lowest BCUT2D eigenvalue weighted by Gasteiger charge is -2.25. The molecule has 0 rings (SSSR count). The lowest BCUT2D eigenvalue weighted by Crippen LogP contribution is -2.51. The van der Waals surface area contributed by atoms with Crippen LogP contribution in [-0.2, 0) is 14.3 Å². The van der Waals surface area contributed by atoms with Gasteiger partial charge in [-0.15, -0.1) is 0 Å². The largest absolute Gasteiger partial charge is 0.465 e. The molecule has 6 nitrogen and oxygen atoms in total. The molecule has 0 aliphatic carbocycles. The van der Waals surface area contributed by atoms with E-state index in [1.807, 2.05) is 13.8 Å². The van der Waals surface area contributed by atoms with E-state index in [1.165, 1.54) is 0 Å². The third-order valence-electron chi connectivity index (χ3n) is 1.66. The molecule has 0 heterocycles. The van der Waals surface area contributed by atoms with Gasteiger partial charge in [-0.3, -0.25) is 4.79 Å². The molecule has 0 aliphatic rings. The quantitative estimate of drug-likeness (QED) is 0.645. The van der Waals surface area contributed by atoms with Crippen LogP contribution < -0.4 is 10.6 Å². The monoisotopic (exact) mass is 232 g/mol. The highest BCUT2D eigenvalue weighted by molar-refractivity contribution is 5.81. The summed E-state index contributed by atoms with van der Waals surface area (Å²) in [5.41, 5.74) is -0.479. The van der Waals surface area contributed by atoms with Gasteiger partial charge in [0, 0.05) is 7.11 Å². The number of methoxy groups -OCH3 is 1. The minimum Gasteiger partial charge on any atom is -0.465 e. The molecule has 0 saturated heterocycles. The molecular formula is C10H20N2O4. The Kier molecular flexibility index (Phi) is 6.48. The molecule has 0 aromatic carbocycles. The number of ether oxygens (including phenoxy) is 2. The Morgan fingerprint density at radius 1 is 1.31 bits per heavy atom. The Balaban J connectivity index is 3.86. The second kappa shape index (κ2) is 7.05. The lowest BCUT2D eigenvalue weighted by molar-refractivity contribution is -0.141. The van der Waals surface area contributed by atoms with Gasteiger partial charge in [0.15, 0.2) is 0 Å². The van der Waals surface area contributed by atoms with E-state index >= 15 is 0 Å². The fraction of sp³-hybridized carbons (Fsp3) is 0.800. The SMILES string of the molecule is CCOC(=O)CNC(=O)NC(C)(C)COC. The first-order chi connectivity index (χ1) is 7.41. The Labute approximate surface area is 95.7 Å². The summed E-state index contributed by atoms with van der Waals surface area (Å²) < 4.78 is 9.60. The van der Waals surface area contributed by atoms with E-state index in [-0.39, 0.29) is 6.54 Å². The van der Waals surface area contributed by atoms with Crippen LogP contribution in [0.2, 0.25) is 0 Å². The topological polar surface area (TPSA) is 76.7 Å². The molecule has 0 bridgehead atoms. The number of urea groups is 1. The summed E-state index contributed by atoms with van der Waals surface area (Å²) in [6.45, 7) is 5.90. The Hall–Kier alpha value is -1.30. The zero-order valence-electron chi connectivity index (χ0n) is 10.3. The van der Waals surface area contributed by atoms with Crippen molar-refractivity contribution >= 4 is 12.0 Å². The highest BCUT2D eigenvalue weighted by Gasteiger charge is 2.20. The van der Waals surface area contributed by atoms with Gasteiger partial charge in [0.05, 0.1) is 18.8 Å². The van der Waals surface area contributed by atoms with Gasteiger partial charge in [-0.25, -0.2) is 4.79 Å². The summed E-state index contributed by atoms with van der Waals surface area (Å²) in [6.07, 6.45) is 0. The van der Waals surface area contributed by atoms with Gasteiger partial charge >= 0.3 is 12.0 Å². The Bertz CT molecular complexity index is 241. The molecule has 94 valence electrons. The lowest BCUT2D eigenvalue weighted by atomic mass is 10.1. The number of rotatable bonds is 6. The van der Waals surface area contributed by atoms with Gasteiger partial charge in [0.2, 0.25) is 0 Å². The van der Waals surface area contributed by atoms with Gasteiger partial charge in [-0.2, -0.15) is 0 Å². The zero-order chi connectivity index (χ0) is 12.6. The third kappa shape index (κ3) is 7.05. The first-order valence-corrected chi connectivity index (χ1v) is 5.12. The van der Waals surface area contributed by atoms with Crippen molar-refractivity contribution in [2.75, 3.05) is 26.9 Å². The first kappa shape index (κ1) is 14.7. The maximum Gasteiger partial charge on any atom is 0.325 e. The van der Waals surface area contributed by atoms with Crippen molar-refractivity contribution in [3.63, 3.8) is 0 Å². The molecular weight excluding hydrogens is 212 g/mol. The van der Waals surface area contributed by atoms with E-state index in [4.69, 9.17) is 4.74 Å². The van der Waals surface area contributed by atoms with Crippen molar-refractivity contribution in [3.05, 3.63) is 0 Å². The van der Waals surface area contributed by atoms with Gasteiger partial charge in [0.1, 0.15) is 6.54 Å². The predicted molar refractivity (Wildman–Crippen MR) is 59.1 cm³/mol. The van der Waals surface area contributed by atoms with Crippen LogP contribution in [0.1, 0.15) is 20.8 Å². The van der Waals surface area contributed by atoms with Crippen molar-refractivity contribution in [2.45, 2.75) is 26.3 Å². The molecule has 0 fully saturated rings. The summed E-state index contributed by atoms with van der Waals surface area (Å²) in [4.78, 5) is 22.3. The number of nitrogens with one attached hydrogen (secondary N) is 2. The summed E-state index contributed by atoms with van der Waals surface area (Å²) in [5.74, 6) is -0.456. The minimum absolute atomic E-state index is 0.136. The molecule has 0 spiro atoms. The highest BCUT2D eigenvalue weighted by Crippen LogP contribution is 2.01. The first-order valence-electron chi connectivity index (χ1n) is 5.12. The molecule has 6 heteroatoms. The second-order valence-corrected chi connectivity index (χ2v) is 3.93. The van der Waals surface area contributed by atoms with Crippen LogP contribution in [-0.4, -0.2) is 44.4 Å². The fourth-order valence-electron chi connectivity index (χ4n) is 1.11. The average molecular weight is 232 g/mol. The summed E-state index contributed by atoms with van der Waals surface area (Å²) in [6, 6.07) is -0.421. The molecule has 2 N–H and O–H groups in total. The second-order valence-electron chi connectivity index (χ2n) is 3.93. The number of carbonyl (C=O) groups is 2. The van der Waals surface area contributed by atoms with Crippen LogP contribution >= 0.6 is 0 Å². The van der Waals surface area contributed by atoms with Crippen LogP contribution in [0.25, 0.3) is 0 Å². The fourth-order valence-corrected chi connectivity index (χ4v) is 1.11. The van der Waals surface area contributed by atoms with Crippen molar-refractivity contribution in [1.82, 2.24) is 10.6 Å². The summed E-state index contributed by atoms with van der Waals surface area (Å²) in [7, 11) is 1.56. The predicted octanol–water partition coefficient (Wildman–Crippen LogP) is 0.274. The normalized spacial score (nSPS) is 10.8. The van der Waals surface area contributed by atoms with Crippen LogP contribution in [0.15, 0.2) is 0 Å². The van der Waals surface area contributed by atoms with Gasteiger partial charge in [-0.1, -0.05) is 0 Å². The molecule has 0 saturated carbocycles. The molecule has 16 heavy (non-hydrogen) atoms. The smallest absolute Gasteiger partial charge is 0.325 e. The van der Waals surface area contributed by atoms with Crippen molar-refractivity contribution in [1.29, 1.82) is 0 Å². The molecule has 0 aromatic heterocycles. The van der Waals surface area contributed by atoms with E-state index in [2.05, 4.69) is 15.4 Å². The van der Waals surface area contributed by atoms with Gasteiger partial charge in [0.25, 0.3) is 0 Å². The number of esters is 1. The van der Waals surface area contributed by atoms with Gasteiger partial charge < -0.3 is 20.1 Å². The van der Waals surface area contributed by atoms with Crippen LogP contribution in [0.5, 0.6) is 0 Å². The molecule has 0 atom stereocenters. The van der Waals surface area contributed by atoms with Gasteiger partial charge in [-0.05, 0) is 20.8 Å². The third-order valence-corrected chi connectivity index (χ3v) is 1.66. The average Bonchev–Trinajstić information content (AvgIpc) is 2.14. The Morgan fingerprint density at radius 2 is 1.94 bits per heavy atom. The summed E-state index contributed by atoms with van der Waals surface area (Å²) in [5, 5.41) is 5.07. The van der Waals surface area contributed by atoms with Crippen molar-refractivity contribution in [3.8, 4) is 0 Å². The van der Waals surface area contributed by atoms with E-state index in [0.29, 0.717) is 13.2 Å². The van der Waals surface area contributed by atoms with Crippen molar-refractivity contribution in [2.24, 2.45) is 0 Å². The Morgan fingerprint density at radius 3 is 2.44 bits per heavy atom. The molecule has 0 aliphatic heterocycles. The maximum absolute atomic E-state index is 11.4. The minimum atomic E-state index is -0.479. The van der Waals surface area contributed by atoms with E-state index in [9.17, 15) is 9.59 Å². The standard InChI is InChI=1S/C10H20N2O4/c1-5-16-8(13)6-11-9(14)12-10(2,3)7-15-4/h5-7H2,1-4H3,(H2,11,12,14). The van der Waals surface area contributed by atoms with Crippen molar-refractivity contribution < 1.29 is 19.1 Å². The zero-order valence-corrected chi connectivity index (χ0v) is 10.3. The van der Waals surface area contributed by atoms with Crippen LogP contribution in [0.3, 0.4) is 0 Å². The van der Waals surface area contributed by atoms with E-state index in [0.717, 1.165) is 0 Å². The van der Waals surface area contributed by atoms with E-state index < -0.39 is 17.5 Å². The molecule has 2 amide bonds. The summed E-state index contributed by atoms with van der Waals surface area (Å²) >= 11 is 0. The molecule has 0 unspecified atom stereocenters.